The van der Waals surface area contributed by atoms with Gasteiger partial charge in [0.15, 0.2) is 6.29 Å². The predicted octanol–water partition coefficient (Wildman–Crippen LogP) is 10.3. The highest BCUT2D eigenvalue weighted by Crippen LogP contribution is 2.36. The van der Waals surface area contributed by atoms with Gasteiger partial charge in [-0.1, -0.05) is 168 Å². The summed E-state index contributed by atoms with van der Waals surface area (Å²) in [5.41, 5.74) is 0. The van der Waals surface area contributed by atoms with E-state index in [1.807, 2.05) is 0 Å². The van der Waals surface area contributed by atoms with Crippen LogP contribution in [-0.2, 0) is 23.4 Å². The number of unbranched alkanes of at least 4 members (excludes halogenated alkanes) is 24. The van der Waals surface area contributed by atoms with E-state index in [2.05, 4.69) is 18.4 Å². The molecule has 0 rings (SSSR count). The molecule has 0 aliphatic carbocycles. The zero-order valence-electron chi connectivity index (χ0n) is 28.7. The molecule has 9 heteroatoms. The number of aliphatic hydroxyl groups excluding tert-OH is 1. The van der Waals surface area contributed by atoms with E-state index < -0.39 is 26.8 Å². The Balaban J connectivity index is 3.93. The molecule has 0 heterocycles. The highest BCUT2D eigenvalue weighted by atomic mass is 31.2. The van der Waals surface area contributed by atoms with Crippen molar-refractivity contribution in [3.63, 3.8) is 0 Å². The lowest BCUT2D eigenvalue weighted by Crippen LogP contribution is -2.31. The minimum atomic E-state index is -4.71. The van der Waals surface area contributed by atoms with Gasteiger partial charge in [0, 0.05) is 6.42 Å². The number of rotatable bonds is 35. The average Bonchev–Trinajstić information content (AvgIpc) is 2.98. The SMILES string of the molecule is CCCCCCCCCCCCCCCC(=O)OC[C@H](COP(=O)(O)O)O[C@@H](O)CCCCCCCCCCCCCCC. The van der Waals surface area contributed by atoms with Gasteiger partial charge in [-0.25, -0.2) is 4.57 Å². The molecule has 0 bridgehead atoms. The Hall–Kier alpha value is -0.500. The summed E-state index contributed by atoms with van der Waals surface area (Å²) in [5, 5.41) is 10.3. The molecule has 0 unspecified atom stereocenters. The van der Waals surface area contributed by atoms with E-state index in [0.717, 1.165) is 38.5 Å². The molecule has 8 nitrogen and oxygen atoms in total. The van der Waals surface area contributed by atoms with Gasteiger partial charge >= 0.3 is 13.8 Å². The maximum Gasteiger partial charge on any atom is 0.469 e. The number of carbonyl (C=O) groups is 1. The Bertz CT molecular complexity index is 657. The van der Waals surface area contributed by atoms with Crippen LogP contribution in [0.15, 0.2) is 0 Å². The standard InChI is InChI=1S/C35H71O8P/c1-3-5-7-9-11-13-15-17-19-21-23-25-27-29-34(36)41-31-33(32-42-44(38,39)40)43-35(37)30-28-26-24-22-20-18-16-14-12-10-8-6-4-2/h33,35,37H,3-32H2,1-2H3,(H2,38,39,40)/t33-,35-/m1/s1. The summed E-state index contributed by atoms with van der Waals surface area (Å²) in [4.78, 5) is 30.3. The molecule has 0 radical (unpaired) electrons. The van der Waals surface area contributed by atoms with E-state index in [1.54, 1.807) is 0 Å². The minimum Gasteiger partial charge on any atom is -0.463 e. The molecule has 0 aromatic rings. The predicted molar refractivity (Wildman–Crippen MR) is 180 cm³/mol. The van der Waals surface area contributed by atoms with Crippen molar-refractivity contribution in [2.45, 2.75) is 206 Å². The molecule has 0 aliphatic rings. The number of hydrogen-bond donors (Lipinski definition) is 3. The zero-order chi connectivity index (χ0) is 32.6. The molecule has 0 aromatic heterocycles. The van der Waals surface area contributed by atoms with E-state index in [0.29, 0.717) is 12.8 Å². The van der Waals surface area contributed by atoms with Crippen LogP contribution in [0.3, 0.4) is 0 Å². The van der Waals surface area contributed by atoms with Crippen molar-refractivity contribution < 1.29 is 38.3 Å². The van der Waals surface area contributed by atoms with Crippen LogP contribution in [0.2, 0.25) is 0 Å². The third-order valence-electron chi connectivity index (χ3n) is 8.25. The fourth-order valence-electron chi connectivity index (χ4n) is 5.48. The van der Waals surface area contributed by atoms with Crippen LogP contribution in [0, 0.1) is 0 Å². The van der Waals surface area contributed by atoms with Crippen LogP contribution in [0.1, 0.15) is 194 Å². The van der Waals surface area contributed by atoms with Crippen molar-refractivity contribution in [2.75, 3.05) is 13.2 Å². The van der Waals surface area contributed by atoms with E-state index in [9.17, 15) is 14.5 Å². The minimum absolute atomic E-state index is 0.215. The number of phosphoric ester groups is 1. The van der Waals surface area contributed by atoms with E-state index >= 15 is 0 Å². The molecule has 0 aliphatic heterocycles. The second-order valence-corrected chi connectivity index (χ2v) is 13.9. The van der Waals surface area contributed by atoms with E-state index in [1.165, 1.54) is 128 Å². The average molecular weight is 651 g/mol. The number of aliphatic hydroxyl groups is 1. The Morgan fingerprint density at radius 3 is 1.32 bits per heavy atom. The number of hydrogen-bond acceptors (Lipinski definition) is 6. The molecule has 3 N–H and O–H groups in total. The lowest BCUT2D eigenvalue weighted by molar-refractivity contribution is -0.174. The third kappa shape index (κ3) is 34.4. The first-order valence-electron chi connectivity index (χ1n) is 18.5. The lowest BCUT2D eigenvalue weighted by Gasteiger charge is -2.21. The van der Waals surface area contributed by atoms with Gasteiger partial charge in [0.1, 0.15) is 12.7 Å². The Kier molecular flexibility index (Phi) is 32.1. The molecule has 44 heavy (non-hydrogen) atoms. The molecular formula is C35H71O8P. The maximum atomic E-state index is 12.2. The molecular weight excluding hydrogens is 579 g/mol. The van der Waals surface area contributed by atoms with Gasteiger partial charge in [-0.05, 0) is 19.3 Å². The summed E-state index contributed by atoms with van der Waals surface area (Å²) in [7, 11) is -4.71. The van der Waals surface area contributed by atoms with Gasteiger partial charge in [-0.15, -0.1) is 0 Å². The van der Waals surface area contributed by atoms with Gasteiger partial charge in [0.05, 0.1) is 6.61 Å². The van der Waals surface area contributed by atoms with Crippen molar-refractivity contribution in [1.29, 1.82) is 0 Å². The van der Waals surface area contributed by atoms with Gasteiger partial charge in [-0.3, -0.25) is 9.32 Å². The summed E-state index contributed by atoms with van der Waals surface area (Å²) in [5.74, 6) is -0.371. The molecule has 2 atom stereocenters. The fraction of sp³-hybridized carbons (Fsp3) is 0.971. The fourth-order valence-corrected chi connectivity index (χ4v) is 5.84. The summed E-state index contributed by atoms with van der Waals surface area (Å²) >= 11 is 0. The smallest absolute Gasteiger partial charge is 0.463 e. The van der Waals surface area contributed by atoms with Crippen molar-refractivity contribution >= 4 is 13.8 Å². The second-order valence-electron chi connectivity index (χ2n) is 12.7. The first-order valence-corrected chi connectivity index (χ1v) is 20.0. The van der Waals surface area contributed by atoms with Crippen LogP contribution in [-0.4, -0.2) is 46.5 Å². The number of ether oxygens (including phenoxy) is 2. The Labute approximate surface area is 271 Å². The molecule has 0 amide bonds. The number of carbonyl (C=O) groups excluding carboxylic acids is 1. The van der Waals surface area contributed by atoms with Crippen LogP contribution in [0.5, 0.6) is 0 Å². The quantitative estimate of drug-likeness (QED) is 0.0268. The molecule has 0 saturated carbocycles. The third-order valence-corrected chi connectivity index (χ3v) is 8.73. The first kappa shape index (κ1) is 43.5. The molecule has 0 aromatic carbocycles. The van der Waals surface area contributed by atoms with E-state index in [-0.39, 0.29) is 12.6 Å². The highest BCUT2D eigenvalue weighted by molar-refractivity contribution is 7.46. The lowest BCUT2D eigenvalue weighted by atomic mass is 10.0. The van der Waals surface area contributed by atoms with Gasteiger partial charge in [0.2, 0.25) is 0 Å². The molecule has 0 saturated heterocycles. The van der Waals surface area contributed by atoms with Crippen LogP contribution < -0.4 is 0 Å². The van der Waals surface area contributed by atoms with Crippen LogP contribution >= 0.6 is 7.82 Å². The van der Waals surface area contributed by atoms with Gasteiger partial charge in [0.25, 0.3) is 0 Å². The van der Waals surface area contributed by atoms with E-state index in [4.69, 9.17) is 19.3 Å². The van der Waals surface area contributed by atoms with Crippen LogP contribution in [0.25, 0.3) is 0 Å². The largest absolute Gasteiger partial charge is 0.469 e. The highest BCUT2D eigenvalue weighted by Gasteiger charge is 2.22. The second kappa shape index (κ2) is 32.4. The van der Waals surface area contributed by atoms with Crippen LogP contribution in [0.4, 0.5) is 0 Å². The molecule has 0 spiro atoms. The number of phosphoric acid groups is 1. The van der Waals surface area contributed by atoms with Gasteiger partial charge < -0.3 is 24.4 Å². The summed E-state index contributed by atoms with van der Waals surface area (Å²) in [6.07, 6.45) is 30.7. The maximum absolute atomic E-state index is 12.2. The zero-order valence-corrected chi connectivity index (χ0v) is 29.6. The normalized spacial score (nSPS) is 13.3. The van der Waals surface area contributed by atoms with Crippen molar-refractivity contribution in [3.8, 4) is 0 Å². The first-order chi connectivity index (χ1) is 21.3. The monoisotopic (exact) mass is 650 g/mol. The summed E-state index contributed by atoms with van der Waals surface area (Å²) in [6.45, 7) is 3.81. The molecule has 264 valence electrons. The van der Waals surface area contributed by atoms with Crippen molar-refractivity contribution in [3.05, 3.63) is 0 Å². The van der Waals surface area contributed by atoms with Crippen molar-refractivity contribution in [2.24, 2.45) is 0 Å². The Morgan fingerprint density at radius 1 is 0.568 bits per heavy atom. The summed E-state index contributed by atoms with van der Waals surface area (Å²) in [6, 6.07) is 0. The number of esters is 1. The molecule has 0 fully saturated rings. The summed E-state index contributed by atoms with van der Waals surface area (Å²) < 4.78 is 26.6. The van der Waals surface area contributed by atoms with Gasteiger partial charge in [-0.2, -0.15) is 0 Å². The topological polar surface area (TPSA) is 123 Å². The Morgan fingerprint density at radius 2 is 0.932 bits per heavy atom. The van der Waals surface area contributed by atoms with Crippen molar-refractivity contribution in [1.82, 2.24) is 0 Å².